The second kappa shape index (κ2) is 5.24. The Balaban J connectivity index is 2.17. The summed E-state index contributed by atoms with van der Waals surface area (Å²) in [7, 11) is -2.94. The van der Waals surface area contributed by atoms with Crippen molar-refractivity contribution in [3.8, 4) is 0 Å². The molecule has 0 saturated heterocycles. The zero-order chi connectivity index (χ0) is 13.2. The number of hydrogen-bond donors (Lipinski definition) is 1. The van der Waals surface area contributed by atoms with Crippen molar-refractivity contribution in [3.63, 3.8) is 0 Å². The summed E-state index contributed by atoms with van der Waals surface area (Å²) in [4.78, 5) is 4.44. The van der Waals surface area contributed by atoms with Gasteiger partial charge in [0.15, 0.2) is 0 Å². The zero-order valence-corrected chi connectivity index (χ0v) is 12.3. The number of nitrogens with one attached hydrogen (secondary N) is 1. The van der Waals surface area contributed by atoms with Gasteiger partial charge in [0.25, 0.3) is 0 Å². The minimum absolute atomic E-state index is 0.0999. The van der Waals surface area contributed by atoms with Crippen LogP contribution in [0.3, 0.4) is 0 Å². The monoisotopic (exact) mass is 328 g/mol. The van der Waals surface area contributed by atoms with Crippen molar-refractivity contribution in [3.05, 3.63) is 34.8 Å². The van der Waals surface area contributed by atoms with Crippen LogP contribution in [0, 0.1) is 0 Å². The Morgan fingerprint density at radius 1 is 1.28 bits per heavy atom. The summed E-state index contributed by atoms with van der Waals surface area (Å²) in [5, 5.41) is 4.05. The van der Waals surface area contributed by atoms with E-state index in [4.69, 9.17) is 0 Å². The molecule has 4 nitrogen and oxygen atoms in total. The molecule has 0 radical (unpaired) electrons. The lowest BCUT2D eigenvalue weighted by atomic mass is 10.2. The number of rotatable bonds is 4. The first-order chi connectivity index (χ1) is 8.46. The summed E-state index contributed by atoms with van der Waals surface area (Å²) in [6.07, 6.45) is 1.22. The summed E-state index contributed by atoms with van der Waals surface area (Å²) in [5.74, 6) is 0.779. The highest BCUT2D eigenvalue weighted by Crippen LogP contribution is 2.23. The molecular weight excluding hydrogens is 316 g/mol. The molecule has 0 aliphatic heterocycles. The van der Waals surface area contributed by atoms with Crippen LogP contribution in [0.2, 0.25) is 0 Å². The number of pyridine rings is 1. The van der Waals surface area contributed by atoms with Crippen LogP contribution in [0.1, 0.15) is 0 Å². The Labute approximate surface area is 114 Å². The van der Waals surface area contributed by atoms with E-state index < -0.39 is 9.84 Å². The van der Waals surface area contributed by atoms with Gasteiger partial charge >= 0.3 is 0 Å². The Kier molecular flexibility index (Phi) is 3.87. The van der Waals surface area contributed by atoms with E-state index in [1.165, 1.54) is 6.26 Å². The quantitative estimate of drug-likeness (QED) is 0.936. The van der Waals surface area contributed by atoms with Crippen LogP contribution in [0.25, 0.3) is 10.9 Å². The van der Waals surface area contributed by atoms with Crippen molar-refractivity contribution in [2.45, 2.75) is 0 Å². The van der Waals surface area contributed by atoms with Crippen LogP contribution in [-0.4, -0.2) is 32.0 Å². The smallest absolute Gasteiger partial charge is 0.149 e. The SMILES string of the molecule is CS(=O)(=O)CCNc1ccc2cccc(Br)c2n1. The Bertz CT molecular complexity index is 671. The van der Waals surface area contributed by atoms with Crippen LogP contribution in [0.5, 0.6) is 0 Å². The van der Waals surface area contributed by atoms with Gasteiger partial charge in [-0.3, -0.25) is 0 Å². The molecule has 0 fully saturated rings. The predicted molar refractivity (Wildman–Crippen MR) is 77.6 cm³/mol. The molecule has 1 aromatic carbocycles. The molecule has 1 N–H and O–H groups in total. The number of anilines is 1. The van der Waals surface area contributed by atoms with Gasteiger partial charge in [-0.2, -0.15) is 0 Å². The standard InChI is InChI=1S/C12H13BrN2O2S/c1-18(16,17)8-7-14-11-6-5-9-3-2-4-10(13)12(9)15-11/h2-6H,7-8H2,1H3,(H,14,15). The molecule has 1 aromatic heterocycles. The lowest BCUT2D eigenvalue weighted by Gasteiger charge is -2.06. The van der Waals surface area contributed by atoms with E-state index in [0.717, 1.165) is 15.4 Å². The van der Waals surface area contributed by atoms with E-state index in [0.29, 0.717) is 12.4 Å². The Hall–Kier alpha value is -1.14. The molecular formula is C12H13BrN2O2S. The number of benzene rings is 1. The van der Waals surface area contributed by atoms with Crippen molar-refractivity contribution in [2.24, 2.45) is 0 Å². The molecule has 0 aliphatic carbocycles. The highest BCUT2D eigenvalue weighted by Gasteiger charge is 2.04. The van der Waals surface area contributed by atoms with Gasteiger partial charge in [0.2, 0.25) is 0 Å². The van der Waals surface area contributed by atoms with Crippen molar-refractivity contribution in [1.82, 2.24) is 4.98 Å². The molecule has 1 heterocycles. The first-order valence-electron chi connectivity index (χ1n) is 5.42. The second-order valence-corrected chi connectivity index (χ2v) is 7.18. The third kappa shape index (κ3) is 3.43. The zero-order valence-electron chi connectivity index (χ0n) is 9.85. The molecule has 2 aromatic rings. The molecule has 0 saturated carbocycles. The van der Waals surface area contributed by atoms with Gasteiger partial charge in [-0.05, 0) is 34.1 Å². The number of sulfone groups is 1. The summed E-state index contributed by atoms with van der Waals surface area (Å²) in [5.41, 5.74) is 0.863. The van der Waals surface area contributed by atoms with E-state index in [1.54, 1.807) is 0 Å². The first kappa shape index (κ1) is 13.3. The first-order valence-corrected chi connectivity index (χ1v) is 8.28. The maximum absolute atomic E-state index is 11.0. The second-order valence-electron chi connectivity index (χ2n) is 4.06. The number of nitrogens with zero attached hydrogens (tertiary/aromatic N) is 1. The fourth-order valence-corrected chi connectivity index (χ4v) is 2.52. The largest absolute Gasteiger partial charge is 0.369 e. The van der Waals surface area contributed by atoms with Crippen molar-refractivity contribution in [2.75, 3.05) is 23.9 Å². The molecule has 0 aliphatic rings. The summed E-state index contributed by atoms with van der Waals surface area (Å²) < 4.78 is 23.0. The molecule has 6 heteroatoms. The predicted octanol–water partition coefficient (Wildman–Crippen LogP) is 2.45. The van der Waals surface area contributed by atoms with E-state index in [1.807, 2.05) is 30.3 Å². The van der Waals surface area contributed by atoms with Gasteiger partial charge in [-0.1, -0.05) is 12.1 Å². The van der Waals surface area contributed by atoms with E-state index in [2.05, 4.69) is 26.2 Å². The van der Waals surface area contributed by atoms with E-state index in [-0.39, 0.29) is 5.75 Å². The Morgan fingerprint density at radius 2 is 2.06 bits per heavy atom. The van der Waals surface area contributed by atoms with Gasteiger partial charge < -0.3 is 5.32 Å². The van der Waals surface area contributed by atoms with Crippen LogP contribution in [0.4, 0.5) is 5.82 Å². The average molecular weight is 329 g/mol. The van der Waals surface area contributed by atoms with Gasteiger partial charge in [0, 0.05) is 22.7 Å². The van der Waals surface area contributed by atoms with Gasteiger partial charge in [-0.25, -0.2) is 13.4 Å². The van der Waals surface area contributed by atoms with Crippen molar-refractivity contribution < 1.29 is 8.42 Å². The molecule has 0 bridgehead atoms. The third-order valence-corrected chi connectivity index (χ3v) is 4.04. The minimum Gasteiger partial charge on any atom is -0.369 e. The van der Waals surface area contributed by atoms with Gasteiger partial charge in [-0.15, -0.1) is 0 Å². The maximum atomic E-state index is 11.0. The third-order valence-electron chi connectivity index (χ3n) is 2.45. The van der Waals surface area contributed by atoms with Crippen LogP contribution in [-0.2, 0) is 9.84 Å². The Morgan fingerprint density at radius 3 is 2.78 bits per heavy atom. The molecule has 0 spiro atoms. The van der Waals surface area contributed by atoms with Crippen LogP contribution in [0.15, 0.2) is 34.8 Å². The summed E-state index contributed by atoms with van der Waals surface area (Å²) in [6.45, 7) is 0.363. The topological polar surface area (TPSA) is 59.1 Å². The minimum atomic E-state index is -2.94. The lowest BCUT2D eigenvalue weighted by molar-refractivity contribution is 0.602. The molecule has 0 unspecified atom stereocenters. The molecule has 18 heavy (non-hydrogen) atoms. The fourth-order valence-electron chi connectivity index (χ4n) is 1.57. The normalized spacial score (nSPS) is 11.7. The molecule has 2 rings (SSSR count). The number of fused-ring (bicyclic) bond motifs is 1. The summed E-state index contributed by atoms with van der Waals surface area (Å²) in [6, 6.07) is 9.65. The molecule has 0 atom stereocenters. The van der Waals surface area contributed by atoms with E-state index in [9.17, 15) is 8.42 Å². The van der Waals surface area contributed by atoms with E-state index >= 15 is 0 Å². The van der Waals surface area contributed by atoms with Crippen molar-refractivity contribution in [1.29, 1.82) is 0 Å². The molecule has 96 valence electrons. The fraction of sp³-hybridized carbons (Fsp3) is 0.250. The number of para-hydroxylation sites is 1. The van der Waals surface area contributed by atoms with Crippen LogP contribution >= 0.6 is 15.9 Å². The van der Waals surface area contributed by atoms with Gasteiger partial charge in [0.05, 0.1) is 11.3 Å². The maximum Gasteiger partial charge on any atom is 0.149 e. The van der Waals surface area contributed by atoms with Crippen LogP contribution < -0.4 is 5.32 Å². The number of aromatic nitrogens is 1. The highest BCUT2D eigenvalue weighted by molar-refractivity contribution is 9.10. The molecule has 0 amide bonds. The van der Waals surface area contributed by atoms with Crippen molar-refractivity contribution >= 4 is 42.5 Å². The van der Waals surface area contributed by atoms with Gasteiger partial charge in [0.1, 0.15) is 15.7 Å². The average Bonchev–Trinajstić information content (AvgIpc) is 2.28. The number of hydrogen-bond acceptors (Lipinski definition) is 4. The number of halogens is 1. The lowest BCUT2D eigenvalue weighted by Crippen LogP contribution is -2.14. The summed E-state index contributed by atoms with van der Waals surface area (Å²) >= 11 is 3.44. The highest BCUT2D eigenvalue weighted by atomic mass is 79.9.